The zero-order chi connectivity index (χ0) is 17.4. The molecule has 8 nitrogen and oxygen atoms in total. The van der Waals surface area contributed by atoms with Crippen molar-refractivity contribution in [1.29, 1.82) is 0 Å². The lowest BCUT2D eigenvalue weighted by molar-refractivity contribution is -0.386. The third-order valence-corrected chi connectivity index (χ3v) is 2.73. The topological polar surface area (TPSA) is 97.1 Å². The first-order chi connectivity index (χ1) is 11.0. The van der Waals surface area contributed by atoms with Crippen molar-refractivity contribution in [1.82, 2.24) is 0 Å². The first-order valence-corrected chi connectivity index (χ1v) is 7.42. The summed E-state index contributed by atoms with van der Waals surface area (Å²) in [7, 11) is 0. The third-order valence-electron chi connectivity index (χ3n) is 2.73. The van der Waals surface area contributed by atoms with Gasteiger partial charge in [-0.15, -0.1) is 0 Å². The SMILES string of the molecule is CCOC(=O)c1cc(OCC)c(OCC)c(OCC)c1[N+](=O)[O-]. The normalized spacial score (nSPS) is 10.1. The molecule has 0 saturated carbocycles. The molecule has 1 aromatic carbocycles. The third kappa shape index (κ3) is 4.24. The van der Waals surface area contributed by atoms with Gasteiger partial charge in [-0.05, 0) is 27.7 Å². The van der Waals surface area contributed by atoms with E-state index >= 15 is 0 Å². The summed E-state index contributed by atoms with van der Waals surface area (Å²) in [6.45, 7) is 7.60. The Morgan fingerprint density at radius 3 is 2.04 bits per heavy atom. The number of rotatable bonds is 9. The predicted octanol–water partition coefficient (Wildman–Crippen LogP) is 2.97. The highest BCUT2D eigenvalue weighted by Gasteiger charge is 2.33. The number of carbonyl (C=O) groups is 1. The molecule has 0 fully saturated rings. The molecule has 8 heteroatoms. The number of benzene rings is 1. The summed E-state index contributed by atoms with van der Waals surface area (Å²) >= 11 is 0. The molecule has 1 aromatic rings. The molecule has 0 aromatic heterocycles. The fraction of sp³-hybridized carbons (Fsp3) is 0.533. The van der Waals surface area contributed by atoms with Crippen molar-refractivity contribution in [3.63, 3.8) is 0 Å². The van der Waals surface area contributed by atoms with Gasteiger partial charge in [0.1, 0.15) is 5.56 Å². The van der Waals surface area contributed by atoms with Crippen LogP contribution in [-0.4, -0.2) is 37.3 Å². The molecule has 0 saturated heterocycles. The predicted molar refractivity (Wildman–Crippen MR) is 82.6 cm³/mol. The Balaban J connectivity index is 3.67. The molecule has 23 heavy (non-hydrogen) atoms. The van der Waals surface area contributed by atoms with Crippen LogP contribution in [0.15, 0.2) is 6.07 Å². The van der Waals surface area contributed by atoms with Crippen LogP contribution >= 0.6 is 0 Å². The largest absolute Gasteiger partial charge is 0.490 e. The Kier molecular flexibility index (Phi) is 7.11. The molecule has 0 unspecified atom stereocenters. The molecule has 1 rings (SSSR count). The Labute approximate surface area is 134 Å². The summed E-state index contributed by atoms with van der Waals surface area (Å²) in [5, 5.41) is 11.5. The van der Waals surface area contributed by atoms with Crippen molar-refractivity contribution in [2.24, 2.45) is 0 Å². The van der Waals surface area contributed by atoms with Gasteiger partial charge >= 0.3 is 11.7 Å². The van der Waals surface area contributed by atoms with E-state index in [-0.39, 0.29) is 42.6 Å². The summed E-state index contributed by atoms with van der Waals surface area (Å²) in [5.74, 6) is -0.639. The summed E-state index contributed by atoms with van der Waals surface area (Å²) in [6, 6.07) is 1.26. The number of nitro benzene ring substituents is 1. The van der Waals surface area contributed by atoms with Gasteiger partial charge in [0.2, 0.25) is 11.5 Å². The van der Waals surface area contributed by atoms with E-state index in [2.05, 4.69) is 0 Å². The smallest absolute Gasteiger partial charge is 0.345 e. The van der Waals surface area contributed by atoms with Crippen LogP contribution in [0.2, 0.25) is 0 Å². The van der Waals surface area contributed by atoms with E-state index in [9.17, 15) is 14.9 Å². The van der Waals surface area contributed by atoms with E-state index in [0.29, 0.717) is 6.61 Å². The maximum absolute atomic E-state index is 12.1. The Hall–Kier alpha value is -2.51. The van der Waals surface area contributed by atoms with Crippen LogP contribution in [0, 0.1) is 10.1 Å². The van der Waals surface area contributed by atoms with Crippen LogP contribution in [0.3, 0.4) is 0 Å². The molecule has 0 amide bonds. The van der Waals surface area contributed by atoms with Crippen LogP contribution in [0.1, 0.15) is 38.1 Å². The van der Waals surface area contributed by atoms with Gasteiger partial charge in [0.25, 0.3) is 0 Å². The van der Waals surface area contributed by atoms with Crippen molar-refractivity contribution >= 4 is 11.7 Å². The van der Waals surface area contributed by atoms with Gasteiger partial charge in [-0.2, -0.15) is 0 Å². The number of nitro groups is 1. The molecular formula is C15H21NO7. The van der Waals surface area contributed by atoms with E-state index in [4.69, 9.17) is 18.9 Å². The van der Waals surface area contributed by atoms with Crippen LogP contribution < -0.4 is 14.2 Å². The quantitative estimate of drug-likeness (QED) is 0.390. The Morgan fingerprint density at radius 1 is 1.00 bits per heavy atom. The molecule has 0 aliphatic heterocycles. The van der Waals surface area contributed by atoms with Crippen molar-refractivity contribution < 1.29 is 28.7 Å². The van der Waals surface area contributed by atoms with Crippen molar-refractivity contribution in [3.8, 4) is 17.2 Å². The molecule has 0 radical (unpaired) electrons. The molecular weight excluding hydrogens is 306 g/mol. The Morgan fingerprint density at radius 2 is 1.57 bits per heavy atom. The maximum atomic E-state index is 12.1. The van der Waals surface area contributed by atoms with E-state index in [0.717, 1.165) is 0 Å². The van der Waals surface area contributed by atoms with Gasteiger partial charge < -0.3 is 18.9 Å². The van der Waals surface area contributed by atoms with Gasteiger partial charge in [-0.1, -0.05) is 0 Å². The van der Waals surface area contributed by atoms with Crippen molar-refractivity contribution in [2.45, 2.75) is 27.7 Å². The molecule has 0 N–H and O–H groups in total. The lowest BCUT2D eigenvalue weighted by Gasteiger charge is -2.17. The van der Waals surface area contributed by atoms with Crippen molar-refractivity contribution in [2.75, 3.05) is 26.4 Å². The van der Waals surface area contributed by atoms with Gasteiger partial charge in [-0.3, -0.25) is 10.1 Å². The number of ether oxygens (including phenoxy) is 4. The standard InChI is InChI=1S/C15H21NO7/c1-5-20-11-9-10(15(17)23-8-4)12(16(18)19)14(22-7-3)13(11)21-6-2/h9H,5-8H2,1-4H3. The minimum Gasteiger partial charge on any atom is -0.490 e. The lowest BCUT2D eigenvalue weighted by Crippen LogP contribution is -2.12. The number of esters is 1. The summed E-state index contributed by atoms with van der Waals surface area (Å²) in [6.07, 6.45) is 0. The van der Waals surface area contributed by atoms with Crippen LogP contribution in [0.25, 0.3) is 0 Å². The molecule has 0 spiro atoms. The van der Waals surface area contributed by atoms with Crippen LogP contribution in [0.5, 0.6) is 17.2 Å². The fourth-order valence-electron chi connectivity index (χ4n) is 1.97. The van der Waals surface area contributed by atoms with E-state index in [1.807, 2.05) is 0 Å². The molecule has 0 atom stereocenters. The van der Waals surface area contributed by atoms with Crippen LogP contribution in [0.4, 0.5) is 5.69 Å². The lowest BCUT2D eigenvalue weighted by atomic mass is 10.1. The minimum atomic E-state index is -0.816. The highest BCUT2D eigenvalue weighted by molar-refractivity contribution is 5.97. The second-order valence-corrected chi connectivity index (χ2v) is 4.21. The second kappa shape index (κ2) is 8.82. The highest BCUT2D eigenvalue weighted by Crippen LogP contribution is 2.47. The average molecular weight is 327 g/mol. The summed E-state index contributed by atoms with van der Waals surface area (Å²) in [4.78, 5) is 22.9. The number of hydrogen-bond acceptors (Lipinski definition) is 7. The molecule has 0 heterocycles. The van der Waals surface area contributed by atoms with Gasteiger partial charge in [0.15, 0.2) is 5.75 Å². The molecule has 0 aliphatic rings. The van der Waals surface area contributed by atoms with Gasteiger partial charge in [0, 0.05) is 6.07 Å². The van der Waals surface area contributed by atoms with Gasteiger partial charge in [0.05, 0.1) is 31.4 Å². The first-order valence-electron chi connectivity index (χ1n) is 7.42. The number of nitrogens with zero attached hydrogens (tertiary/aromatic N) is 1. The van der Waals surface area contributed by atoms with Crippen LogP contribution in [-0.2, 0) is 4.74 Å². The number of hydrogen-bond donors (Lipinski definition) is 0. The minimum absolute atomic E-state index is 0.0944. The first kappa shape index (κ1) is 18.5. The zero-order valence-corrected chi connectivity index (χ0v) is 13.7. The fourth-order valence-corrected chi connectivity index (χ4v) is 1.97. The zero-order valence-electron chi connectivity index (χ0n) is 13.7. The summed E-state index contributed by atoms with van der Waals surface area (Å²) in [5.41, 5.74) is -0.718. The molecule has 0 bridgehead atoms. The van der Waals surface area contributed by atoms with E-state index in [1.54, 1.807) is 27.7 Å². The highest BCUT2D eigenvalue weighted by atomic mass is 16.6. The molecule has 128 valence electrons. The van der Waals surface area contributed by atoms with E-state index in [1.165, 1.54) is 6.07 Å². The number of carbonyl (C=O) groups excluding carboxylic acids is 1. The monoisotopic (exact) mass is 327 g/mol. The van der Waals surface area contributed by atoms with Crippen molar-refractivity contribution in [3.05, 3.63) is 21.7 Å². The summed E-state index contributed by atoms with van der Waals surface area (Å²) < 4.78 is 21.2. The maximum Gasteiger partial charge on any atom is 0.345 e. The molecule has 0 aliphatic carbocycles. The van der Waals surface area contributed by atoms with Gasteiger partial charge in [-0.25, -0.2) is 4.79 Å². The second-order valence-electron chi connectivity index (χ2n) is 4.21. The average Bonchev–Trinajstić information content (AvgIpc) is 2.50. The van der Waals surface area contributed by atoms with E-state index < -0.39 is 16.6 Å². The Bertz CT molecular complexity index is 571.